The van der Waals surface area contributed by atoms with E-state index in [0.29, 0.717) is 0 Å². The van der Waals surface area contributed by atoms with E-state index in [2.05, 4.69) is 11.9 Å². The minimum absolute atomic E-state index is 0.0556. The molecule has 1 unspecified atom stereocenters. The van der Waals surface area contributed by atoms with Gasteiger partial charge in [0.25, 0.3) is 0 Å². The van der Waals surface area contributed by atoms with Crippen LogP contribution >= 0.6 is 11.8 Å². The highest BCUT2D eigenvalue weighted by Crippen LogP contribution is 1.99. The second kappa shape index (κ2) is 6.28. The molecular formula is C8H15NOS. The van der Waals surface area contributed by atoms with Crippen molar-refractivity contribution in [3.8, 4) is 0 Å². The first kappa shape index (κ1) is 10.6. The molecule has 0 saturated carbocycles. The Labute approximate surface area is 72.4 Å². The Morgan fingerprint density at radius 2 is 2.45 bits per heavy atom. The van der Waals surface area contributed by atoms with Gasteiger partial charge >= 0.3 is 0 Å². The lowest BCUT2D eigenvalue weighted by Gasteiger charge is -2.12. The van der Waals surface area contributed by atoms with Gasteiger partial charge in [-0.15, -0.1) is 0 Å². The first-order valence-corrected chi connectivity index (χ1v) is 4.96. The average molecular weight is 173 g/mol. The molecule has 0 aliphatic heterocycles. The predicted octanol–water partition coefficient (Wildman–Crippen LogP) is 1.43. The Kier molecular flexibility index (Phi) is 6.03. The highest BCUT2D eigenvalue weighted by molar-refractivity contribution is 7.98. The van der Waals surface area contributed by atoms with Gasteiger partial charge in [0.1, 0.15) is 6.29 Å². The molecule has 64 valence electrons. The summed E-state index contributed by atoms with van der Waals surface area (Å²) in [4.78, 5) is 10.4. The normalized spacial score (nSPS) is 12.2. The van der Waals surface area contributed by atoms with Crippen LogP contribution in [0.2, 0.25) is 0 Å². The Balaban J connectivity index is 3.57. The van der Waals surface area contributed by atoms with E-state index in [9.17, 15) is 4.79 Å². The molecule has 0 heterocycles. The van der Waals surface area contributed by atoms with Gasteiger partial charge in [-0.25, -0.2) is 0 Å². The summed E-state index contributed by atoms with van der Waals surface area (Å²) in [5.41, 5.74) is 0.850. The maximum Gasteiger partial charge on any atom is 0.142 e. The molecule has 3 heteroatoms. The summed E-state index contributed by atoms with van der Waals surface area (Å²) in [6, 6.07) is -0.0556. The van der Waals surface area contributed by atoms with Crippen molar-refractivity contribution in [1.82, 2.24) is 5.32 Å². The van der Waals surface area contributed by atoms with Crippen LogP contribution in [0.5, 0.6) is 0 Å². The molecule has 2 nitrogen and oxygen atoms in total. The zero-order valence-electron chi connectivity index (χ0n) is 7.09. The van der Waals surface area contributed by atoms with Gasteiger partial charge in [-0.05, 0) is 25.4 Å². The molecular weight excluding hydrogens is 158 g/mol. The molecule has 0 aromatic heterocycles. The fourth-order valence-corrected chi connectivity index (χ4v) is 1.23. The van der Waals surface area contributed by atoms with Crippen LogP contribution < -0.4 is 5.32 Å². The predicted molar refractivity (Wildman–Crippen MR) is 50.8 cm³/mol. The molecule has 0 aliphatic carbocycles. The highest BCUT2D eigenvalue weighted by atomic mass is 32.2. The summed E-state index contributed by atoms with van der Waals surface area (Å²) in [7, 11) is 0. The van der Waals surface area contributed by atoms with Crippen molar-refractivity contribution in [1.29, 1.82) is 0 Å². The van der Waals surface area contributed by atoms with Crippen LogP contribution in [0.25, 0.3) is 0 Å². The van der Waals surface area contributed by atoms with Crippen LogP contribution in [0.1, 0.15) is 13.3 Å². The zero-order chi connectivity index (χ0) is 8.69. The number of thioether (sulfide) groups is 1. The molecule has 1 atom stereocenters. The van der Waals surface area contributed by atoms with Gasteiger partial charge in [-0.2, -0.15) is 11.8 Å². The SMILES string of the molecule is C=C(C)NC(C=O)CCSC. The topological polar surface area (TPSA) is 29.1 Å². The van der Waals surface area contributed by atoms with Crippen molar-refractivity contribution < 1.29 is 4.79 Å². The van der Waals surface area contributed by atoms with Gasteiger partial charge in [0.2, 0.25) is 0 Å². The molecule has 0 radical (unpaired) electrons. The molecule has 0 bridgehead atoms. The van der Waals surface area contributed by atoms with Gasteiger partial charge in [0.05, 0.1) is 6.04 Å². The number of rotatable bonds is 6. The summed E-state index contributed by atoms with van der Waals surface area (Å²) in [5, 5.41) is 2.99. The zero-order valence-corrected chi connectivity index (χ0v) is 7.91. The van der Waals surface area contributed by atoms with Crippen LogP contribution in [0.4, 0.5) is 0 Å². The third-order valence-electron chi connectivity index (χ3n) is 1.23. The van der Waals surface area contributed by atoms with Crippen LogP contribution in [0.15, 0.2) is 12.3 Å². The number of aldehydes is 1. The fraction of sp³-hybridized carbons (Fsp3) is 0.625. The standard InChI is InChI=1S/C8H15NOS/c1-7(2)9-8(6-10)4-5-11-3/h6,8-9H,1,4-5H2,2-3H3. The first-order chi connectivity index (χ1) is 5.20. The Morgan fingerprint density at radius 3 is 2.82 bits per heavy atom. The van der Waals surface area contributed by atoms with Gasteiger partial charge in [0, 0.05) is 5.70 Å². The van der Waals surface area contributed by atoms with Crippen LogP contribution in [0, 0.1) is 0 Å². The Morgan fingerprint density at radius 1 is 1.82 bits per heavy atom. The molecule has 1 N–H and O–H groups in total. The summed E-state index contributed by atoms with van der Waals surface area (Å²) in [6.07, 6.45) is 3.84. The van der Waals surface area contributed by atoms with E-state index < -0.39 is 0 Å². The number of hydrogen-bond acceptors (Lipinski definition) is 3. The molecule has 0 aliphatic rings. The molecule has 0 saturated heterocycles. The molecule has 0 aromatic carbocycles. The Hall–Kier alpha value is -0.440. The van der Waals surface area contributed by atoms with Crippen molar-refractivity contribution >= 4 is 18.0 Å². The third-order valence-corrected chi connectivity index (χ3v) is 1.87. The molecule has 0 rings (SSSR count). The van der Waals surface area contributed by atoms with E-state index in [1.807, 2.05) is 13.2 Å². The minimum Gasteiger partial charge on any atom is -0.380 e. The van der Waals surface area contributed by atoms with E-state index in [1.54, 1.807) is 11.8 Å². The largest absolute Gasteiger partial charge is 0.380 e. The van der Waals surface area contributed by atoms with E-state index in [4.69, 9.17) is 0 Å². The van der Waals surface area contributed by atoms with E-state index in [0.717, 1.165) is 24.2 Å². The number of hydrogen-bond donors (Lipinski definition) is 1. The van der Waals surface area contributed by atoms with Crippen molar-refractivity contribution in [2.24, 2.45) is 0 Å². The maximum atomic E-state index is 10.4. The van der Waals surface area contributed by atoms with E-state index >= 15 is 0 Å². The number of carbonyl (C=O) groups excluding carboxylic acids is 1. The smallest absolute Gasteiger partial charge is 0.142 e. The lowest BCUT2D eigenvalue weighted by Crippen LogP contribution is -2.29. The number of carbonyl (C=O) groups is 1. The maximum absolute atomic E-state index is 10.4. The van der Waals surface area contributed by atoms with E-state index in [1.165, 1.54) is 0 Å². The van der Waals surface area contributed by atoms with Gasteiger partial charge in [0.15, 0.2) is 0 Å². The van der Waals surface area contributed by atoms with Gasteiger partial charge < -0.3 is 10.1 Å². The van der Waals surface area contributed by atoms with Gasteiger partial charge in [-0.1, -0.05) is 6.58 Å². The van der Waals surface area contributed by atoms with Crippen molar-refractivity contribution in [2.45, 2.75) is 19.4 Å². The second-order valence-corrected chi connectivity index (χ2v) is 3.43. The monoisotopic (exact) mass is 173 g/mol. The molecule has 0 aromatic rings. The van der Waals surface area contributed by atoms with Crippen LogP contribution in [0.3, 0.4) is 0 Å². The lowest BCUT2D eigenvalue weighted by atomic mass is 10.2. The van der Waals surface area contributed by atoms with Gasteiger partial charge in [-0.3, -0.25) is 0 Å². The van der Waals surface area contributed by atoms with Crippen molar-refractivity contribution in [3.63, 3.8) is 0 Å². The molecule has 0 fully saturated rings. The lowest BCUT2D eigenvalue weighted by molar-refractivity contribution is -0.109. The third kappa shape index (κ3) is 5.98. The molecule has 0 spiro atoms. The van der Waals surface area contributed by atoms with E-state index in [-0.39, 0.29) is 6.04 Å². The van der Waals surface area contributed by atoms with Crippen LogP contribution in [-0.2, 0) is 4.79 Å². The summed E-state index contributed by atoms with van der Waals surface area (Å²) in [5.74, 6) is 1.00. The summed E-state index contributed by atoms with van der Waals surface area (Å²) < 4.78 is 0. The minimum atomic E-state index is -0.0556. The number of allylic oxidation sites excluding steroid dienone is 1. The average Bonchev–Trinajstić information content (AvgIpc) is 1.97. The van der Waals surface area contributed by atoms with Crippen molar-refractivity contribution in [3.05, 3.63) is 12.3 Å². The number of nitrogens with one attached hydrogen (secondary N) is 1. The Bertz CT molecular complexity index is 136. The van der Waals surface area contributed by atoms with Crippen LogP contribution in [-0.4, -0.2) is 24.3 Å². The second-order valence-electron chi connectivity index (χ2n) is 2.45. The summed E-state index contributed by atoms with van der Waals surface area (Å²) >= 11 is 1.74. The van der Waals surface area contributed by atoms with Crippen molar-refractivity contribution in [2.75, 3.05) is 12.0 Å². The molecule has 0 amide bonds. The quantitative estimate of drug-likeness (QED) is 0.616. The first-order valence-electron chi connectivity index (χ1n) is 3.57. The molecule has 11 heavy (non-hydrogen) atoms. The summed E-state index contributed by atoms with van der Waals surface area (Å²) in [6.45, 7) is 5.53. The fourth-order valence-electron chi connectivity index (χ4n) is 0.736. The highest BCUT2D eigenvalue weighted by Gasteiger charge is 2.03.